The maximum Gasteiger partial charge on any atom is 0.130 e. The highest BCUT2D eigenvalue weighted by molar-refractivity contribution is 6.30. The predicted octanol–water partition coefficient (Wildman–Crippen LogP) is 3.73. The molecule has 0 radical (unpaired) electrons. The van der Waals surface area contributed by atoms with E-state index in [1.807, 2.05) is 14.0 Å². The zero-order valence-electron chi connectivity index (χ0n) is 13.2. The van der Waals surface area contributed by atoms with Gasteiger partial charge >= 0.3 is 0 Å². The molecule has 1 N–H and O–H groups in total. The molecule has 1 aromatic heterocycles. The van der Waals surface area contributed by atoms with Crippen LogP contribution in [-0.4, -0.2) is 22.4 Å². The number of aromatic nitrogens is 2. The predicted molar refractivity (Wildman–Crippen MR) is 82.8 cm³/mol. The number of hydrogen-bond donors (Lipinski definition) is 1. The molecular formula is C15H28ClN3. The average Bonchev–Trinajstić information content (AvgIpc) is 2.60. The second kappa shape index (κ2) is 6.76. The Morgan fingerprint density at radius 2 is 2.00 bits per heavy atom. The largest absolute Gasteiger partial charge is 0.313 e. The fraction of sp³-hybridized carbons (Fsp3) is 0.800. The second-order valence-corrected chi connectivity index (χ2v) is 6.39. The summed E-state index contributed by atoms with van der Waals surface area (Å²) < 4.78 is 1.77. The summed E-state index contributed by atoms with van der Waals surface area (Å²) >= 11 is 6.36. The van der Waals surface area contributed by atoms with Crippen LogP contribution in [0.3, 0.4) is 0 Å². The summed E-state index contributed by atoms with van der Waals surface area (Å²) in [6.07, 6.45) is 3.24. The number of nitrogens with one attached hydrogen (secondary N) is 1. The summed E-state index contributed by atoms with van der Waals surface area (Å²) in [4.78, 5) is 0. The molecule has 1 atom stereocenters. The van der Waals surface area contributed by atoms with Crippen molar-refractivity contribution in [3.8, 4) is 0 Å². The number of rotatable bonds is 7. The van der Waals surface area contributed by atoms with E-state index in [0.717, 1.165) is 36.7 Å². The fourth-order valence-electron chi connectivity index (χ4n) is 2.30. The molecule has 110 valence electrons. The molecule has 4 heteroatoms. The van der Waals surface area contributed by atoms with Gasteiger partial charge in [-0.2, -0.15) is 5.10 Å². The highest BCUT2D eigenvalue weighted by atomic mass is 35.5. The molecule has 0 aliphatic heterocycles. The monoisotopic (exact) mass is 285 g/mol. The van der Waals surface area contributed by atoms with Gasteiger partial charge in [0.05, 0.1) is 5.69 Å². The van der Waals surface area contributed by atoms with Crippen molar-refractivity contribution < 1.29 is 0 Å². The topological polar surface area (TPSA) is 29.9 Å². The van der Waals surface area contributed by atoms with Gasteiger partial charge in [0.1, 0.15) is 5.15 Å². The van der Waals surface area contributed by atoms with Gasteiger partial charge in [0.25, 0.3) is 0 Å². The van der Waals surface area contributed by atoms with Crippen molar-refractivity contribution in [1.29, 1.82) is 0 Å². The highest BCUT2D eigenvalue weighted by Crippen LogP contribution is 2.30. The van der Waals surface area contributed by atoms with Crippen LogP contribution in [0, 0.1) is 12.3 Å². The Balaban J connectivity index is 2.94. The number of nitrogens with zero attached hydrogens (tertiary/aromatic N) is 2. The van der Waals surface area contributed by atoms with E-state index < -0.39 is 0 Å². The van der Waals surface area contributed by atoms with Crippen molar-refractivity contribution in [2.24, 2.45) is 12.5 Å². The van der Waals surface area contributed by atoms with Crippen molar-refractivity contribution in [2.45, 2.75) is 59.9 Å². The Morgan fingerprint density at radius 1 is 1.37 bits per heavy atom. The zero-order chi connectivity index (χ0) is 14.6. The Bertz CT molecular complexity index is 410. The summed E-state index contributed by atoms with van der Waals surface area (Å²) in [5.41, 5.74) is 2.47. The second-order valence-electron chi connectivity index (χ2n) is 6.03. The Labute approximate surface area is 122 Å². The molecule has 0 saturated heterocycles. The summed E-state index contributed by atoms with van der Waals surface area (Å²) in [6, 6.07) is 0.429. The first-order valence-electron chi connectivity index (χ1n) is 7.24. The quantitative estimate of drug-likeness (QED) is 0.827. The van der Waals surface area contributed by atoms with Crippen molar-refractivity contribution in [2.75, 3.05) is 6.54 Å². The summed E-state index contributed by atoms with van der Waals surface area (Å²) in [5.74, 6) is 0. The van der Waals surface area contributed by atoms with Crippen LogP contribution in [0.1, 0.15) is 51.8 Å². The Kier molecular flexibility index (Phi) is 5.87. The molecule has 0 bridgehead atoms. The van der Waals surface area contributed by atoms with Crippen LogP contribution in [-0.2, 0) is 13.5 Å². The molecule has 0 aromatic carbocycles. The van der Waals surface area contributed by atoms with Crippen molar-refractivity contribution in [3.05, 3.63) is 16.4 Å². The van der Waals surface area contributed by atoms with E-state index in [2.05, 4.69) is 38.1 Å². The van der Waals surface area contributed by atoms with Gasteiger partial charge in [-0.1, -0.05) is 39.3 Å². The lowest BCUT2D eigenvalue weighted by Crippen LogP contribution is -2.43. The molecular weight excluding hydrogens is 258 g/mol. The maximum atomic E-state index is 6.36. The van der Waals surface area contributed by atoms with Crippen molar-refractivity contribution in [1.82, 2.24) is 15.1 Å². The highest BCUT2D eigenvalue weighted by Gasteiger charge is 2.29. The van der Waals surface area contributed by atoms with E-state index >= 15 is 0 Å². The van der Waals surface area contributed by atoms with E-state index in [1.54, 1.807) is 4.68 Å². The van der Waals surface area contributed by atoms with E-state index in [9.17, 15) is 0 Å². The lowest BCUT2D eigenvalue weighted by atomic mass is 9.79. The van der Waals surface area contributed by atoms with Crippen LogP contribution in [0.2, 0.25) is 5.15 Å². The molecule has 0 saturated carbocycles. The van der Waals surface area contributed by atoms with Gasteiger partial charge < -0.3 is 5.32 Å². The Hall–Kier alpha value is -0.540. The lowest BCUT2D eigenvalue weighted by molar-refractivity contribution is 0.230. The molecule has 0 amide bonds. The summed E-state index contributed by atoms with van der Waals surface area (Å²) in [6.45, 7) is 12.2. The third kappa shape index (κ3) is 3.96. The Morgan fingerprint density at radius 3 is 2.42 bits per heavy atom. The molecule has 0 spiro atoms. The molecule has 1 aromatic rings. The van der Waals surface area contributed by atoms with E-state index in [0.29, 0.717) is 6.04 Å². The molecule has 19 heavy (non-hydrogen) atoms. The normalized spacial score (nSPS) is 13.8. The third-order valence-electron chi connectivity index (χ3n) is 4.17. The van der Waals surface area contributed by atoms with E-state index in [4.69, 9.17) is 11.6 Å². The van der Waals surface area contributed by atoms with Gasteiger partial charge in [0, 0.05) is 18.7 Å². The summed E-state index contributed by atoms with van der Waals surface area (Å²) in [7, 11) is 1.90. The average molecular weight is 286 g/mol. The van der Waals surface area contributed by atoms with Gasteiger partial charge in [0.15, 0.2) is 0 Å². The van der Waals surface area contributed by atoms with Gasteiger partial charge in [-0.25, -0.2) is 0 Å². The lowest BCUT2D eigenvalue weighted by Gasteiger charge is -2.34. The van der Waals surface area contributed by atoms with Crippen LogP contribution in [0.4, 0.5) is 0 Å². The first-order valence-corrected chi connectivity index (χ1v) is 7.62. The van der Waals surface area contributed by atoms with Gasteiger partial charge in [-0.05, 0) is 38.1 Å². The number of halogens is 1. The minimum Gasteiger partial charge on any atom is -0.313 e. The van der Waals surface area contributed by atoms with Crippen LogP contribution < -0.4 is 5.32 Å². The molecule has 0 aliphatic carbocycles. The molecule has 3 nitrogen and oxygen atoms in total. The first-order chi connectivity index (χ1) is 8.83. The minimum absolute atomic E-state index is 0.251. The van der Waals surface area contributed by atoms with E-state index in [-0.39, 0.29) is 5.41 Å². The van der Waals surface area contributed by atoms with Crippen LogP contribution in [0.25, 0.3) is 0 Å². The molecule has 1 unspecified atom stereocenters. The standard InChI is InChI=1S/C15H28ClN3/c1-7-9-17-13(15(4,5)8-2)10-12-11(3)18-19(6)14(12)16/h13,17H,7-10H2,1-6H3. The molecule has 1 rings (SSSR count). The first kappa shape index (κ1) is 16.5. The SMILES string of the molecule is CCCNC(Cc1c(C)nn(C)c1Cl)C(C)(C)CC. The van der Waals surface area contributed by atoms with Gasteiger partial charge in [-0.3, -0.25) is 4.68 Å². The van der Waals surface area contributed by atoms with E-state index in [1.165, 1.54) is 5.56 Å². The van der Waals surface area contributed by atoms with Crippen LogP contribution in [0.5, 0.6) is 0 Å². The maximum absolute atomic E-state index is 6.36. The van der Waals surface area contributed by atoms with Crippen LogP contribution in [0.15, 0.2) is 0 Å². The molecule has 0 fully saturated rings. The third-order valence-corrected chi connectivity index (χ3v) is 4.65. The molecule has 1 heterocycles. The van der Waals surface area contributed by atoms with Gasteiger partial charge in [-0.15, -0.1) is 0 Å². The smallest absolute Gasteiger partial charge is 0.130 e. The molecule has 0 aliphatic rings. The fourth-order valence-corrected chi connectivity index (χ4v) is 2.55. The van der Waals surface area contributed by atoms with Gasteiger partial charge in [0.2, 0.25) is 0 Å². The van der Waals surface area contributed by atoms with Crippen LogP contribution >= 0.6 is 11.6 Å². The minimum atomic E-state index is 0.251. The number of hydrogen-bond acceptors (Lipinski definition) is 2. The summed E-state index contributed by atoms with van der Waals surface area (Å²) in [5, 5.41) is 8.86. The zero-order valence-corrected chi connectivity index (χ0v) is 13.9. The van der Waals surface area contributed by atoms with Crippen molar-refractivity contribution in [3.63, 3.8) is 0 Å². The van der Waals surface area contributed by atoms with Crippen molar-refractivity contribution >= 4 is 11.6 Å². The number of aryl methyl sites for hydroxylation is 2.